The first-order valence-electron chi connectivity index (χ1n) is 9.58. The van der Waals surface area contributed by atoms with Crippen LogP contribution in [0.2, 0.25) is 0 Å². The molecule has 2 aromatic rings. The quantitative estimate of drug-likeness (QED) is 0.586. The predicted octanol–water partition coefficient (Wildman–Crippen LogP) is 3.88. The number of nitrogens with two attached hydrogens (primary N) is 1. The maximum atomic E-state index is 12.4. The van der Waals surface area contributed by atoms with Crippen LogP contribution >= 0.6 is 24.8 Å². The Morgan fingerprint density at radius 2 is 1.69 bits per heavy atom. The minimum Gasteiger partial charge on any atom is -0.492 e. The Morgan fingerprint density at radius 3 is 2.31 bits per heavy atom. The van der Waals surface area contributed by atoms with E-state index in [0.717, 1.165) is 42.1 Å². The highest BCUT2D eigenvalue weighted by atomic mass is 35.5. The summed E-state index contributed by atoms with van der Waals surface area (Å²) in [6.07, 6.45) is 0. The smallest absolute Gasteiger partial charge is 0.241 e. The SMILES string of the molecule is CCN(CC)CCOc1ccccc1CNC(=O)C(N)c1ccc(C)cc1.Cl.Cl. The van der Waals surface area contributed by atoms with E-state index in [-0.39, 0.29) is 30.7 Å². The van der Waals surface area contributed by atoms with Crippen LogP contribution in [0.1, 0.15) is 36.6 Å². The molecule has 0 spiro atoms. The third kappa shape index (κ3) is 8.62. The zero-order valence-electron chi connectivity index (χ0n) is 17.4. The number of para-hydroxylation sites is 1. The molecule has 0 bridgehead atoms. The number of nitrogens with zero attached hydrogens (tertiary/aromatic N) is 1. The first-order chi connectivity index (χ1) is 13.0. The largest absolute Gasteiger partial charge is 0.492 e. The van der Waals surface area contributed by atoms with Crippen molar-refractivity contribution in [2.45, 2.75) is 33.4 Å². The van der Waals surface area contributed by atoms with Crippen molar-refractivity contribution in [1.29, 1.82) is 0 Å². The zero-order valence-corrected chi connectivity index (χ0v) is 19.0. The van der Waals surface area contributed by atoms with Crippen LogP contribution in [-0.2, 0) is 11.3 Å². The number of hydrogen-bond donors (Lipinski definition) is 2. The Bertz CT molecular complexity index is 722. The highest BCUT2D eigenvalue weighted by Gasteiger charge is 2.16. The number of hydrogen-bond acceptors (Lipinski definition) is 4. The van der Waals surface area contributed by atoms with Crippen LogP contribution in [0.15, 0.2) is 48.5 Å². The number of benzene rings is 2. The summed E-state index contributed by atoms with van der Waals surface area (Å²) in [7, 11) is 0. The van der Waals surface area contributed by atoms with Gasteiger partial charge in [0.05, 0.1) is 0 Å². The molecule has 1 unspecified atom stereocenters. The Kier molecular flexibility index (Phi) is 13.4. The molecule has 162 valence electrons. The standard InChI is InChI=1S/C22H31N3O2.2ClH/c1-4-25(5-2)14-15-27-20-9-7-6-8-19(20)16-24-22(26)21(23)18-12-10-17(3)11-13-18;;/h6-13,21H,4-5,14-16,23H2,1-3H3,(H,24,26);2*1H. The van der Waals surface area contributed by atoms with Gasteiger partial charge in [0.2, 0.25) is 5.91 Å². The van der Waals surface area contributed by atoms with Crippen molar-refractivity contribution in [1.82, 2.24) is 10.2 Å². The first kappa shape index (κ1) is 27.2. The number of halogens is 2. The van der Waals surface area contributed by atoms with Crippen LogP contribution in [0.3, 0.4) is 0 Å². The van der Waals surface area contributed by atoms with E-state index in [4.69, 9.17) is 10.5 Å². The van der Waals surface area contributed by atoms with Gasteiger partial charge in [-0.25, -0.2) is 0 Å². The average molecular weight is 442 g/mol. The molecule has 0 aliphatic rings. The lowest BCUT2D eigenvalue weighted by Gasteiger charge is -2.19. The third-order valence-corrected chi connectivity index (χ3v) is 4.70. The molecule has 0 aliphatic heterocycles. The molecule has 1 amide bonds. The molecule has 0 saturated carbocycles. The van der Waals surface area contributed by atoms with Crippen LogP contribution < -0.4 is 15.8 Å². The fourth-order valence-corrected chi connectivity index (χ4v) is 2.83. The minimum absolute atomic E-state index is 0. The van der Waals surface area contributed by atoms with Gasteiger partial charge in [-0.05, 0) is 31.6 Å². The molecule has 0 aliphatic carbocycles. The van der Waals surface area contributed by atoms with E-state index in [9.17, 15) is 4.79 Å². The topological polar surface area (TPSA) is 67.6 Å². The lowest BCUT2D eigenvalue weighted by molar-refractivity contribution is -0.122. The van der Waals surface area contributed by atoms with E-state index < -0.39 is 6.04 Å². The summed E-state index contributed by atoms with van der Waals surface area (Å²) in [5, 5.41) is 2.92. The van der Waals surface area contributed by atoms with E-state index in [1.165, 1.54) is 0 Å². The summed E-state index contributed by atoms with van der Waals surface area (Å²) in [5.41, 5.74) is 8.98. The Balaban J connectivity index is 0.00000392. The highest BCUT2D eigenvalue weighted by Crippen LogP contribution is 2.18. The van der Waals surface area contributed by atoms with Crippen LogP contribution in [0, 0.1) is 6.92 Å². The van der Waals surface area contributed by atoms with Crippen molar-refractivity contribution in [2.75, 3.05) is 26.2 Å². The average Bonchev–Trinajstić information content (AvgIpc) is 2.70. The van der Waals surface area contributed by atoms with Gasteiger partial charge in [0.15, 0.2) is 0 Å². The fraction of sp³-hybridized carbons (Fsp3) is 0.409. The molecule has 29 heavy (non-hydrogen) atoms. The molecule has 0 aromatic heterocycles. The summed E-state index contributed by atoms with van der Waals surface area (Å²) in [6, 6.07) is 14.8. The number of nitrogens with one attached hydrogen (secondary N) is 1. The van der Waals surface area contributed by atoms with Gasteiger partial charge in [0.25, 0.3) is 0 Å². The lowest BCUT2D eigenvalue weighted by atomic mass is 10.1. The van der Waals surface area contributed by atoms with Gasteiger partial charge in [0, 0.05) is 18.7 Å². The number of ether oxygens (including phenoxy) is 1. The predicted molar refractivity (Wildman–Crippen MR) is 124 cm³/mol. The normalized spacial score (nSPS) is 11.2. The number of carbonyl (C=O) groups is 1. The van der Waals surface area contributed by atoms with Crippen LogP contribution in [0.25, 0.3) is 0 Å². The van der Waals surface area contributed by atoms with Crippen molar-refractivity contribution in [3.63, 3.8) is 0 Å². The summed E-state index contributed by atoms with van der Waals surface area (Å²) < 4.78 is 5.94. The summed E-state index contributed by atoms with van der Waals surface area (Å²) in [5.74, 6) is 0.602. The number of amides is 1. The van der Waals surface area contributed by atoms with Gasteiger partial charge in [-0.15, -0.1) is 24.8 Å². The molecule has 0 fully saturated rings. The van der Waals surface area contributed by atoms with Crippen molar-refractivity contribution in [3.8, 4) is 5.75 Å². The second-order valence-corrected chi connectivity index (χ2v) is 6.59. The maximum Gasteiger partial charge on any atom is 0.241 e. The molecular weight excluding hydrogens is 409 g/mol. The summed E-state index contributed by atoms with van der Waals surface area (Å²) >= 11 is 0. The third-order valence-electron chi connectivity index (χ3n) is 4.70. The monoisotopic (exact) mass is 441 g/mol. The molecule has 2 rings (SSSR count). The van der Waals surface area contributed by atoms with Gasteiger partial charge in [-0.1, -0.05) is 61.9 Å². The second-order valence-electron chi connectivity index (χ2n) is 6.59. The second kappa shape index (κ2) is 14.2. The number of aryl methyl sites for hydroxylation is 1. The van der Waals surface area contributed by atoms with Crippen molar-refractivity contribution >= 4 is 30.7 Å². The van der Waals surface area contributed by atoms with Gasteiger partial charge in [0.1, 0.15) is 18.4 Å². The van der Waals surface area contributed by atoms with Crippen LogP contribution in [0.5, 0.6) is 5.75 Å². The Morgan fingerprint density at radius 1 is 1.07 bits per heavy atom. The van der Waals surface area contributed by atoms with Crippen LogP contribution in [-0.4, -0.2) is 37.0 Å². The van der Waals surface area contributed by atoms with Crippen molar-refractivity contribution in [2.24, 2.45) is 5.73 Å². The van der Waals surface area contributed by atoms with Gasteiger partial charge in [-0.3, -0.25) is 4.79 Å². The molecule has 0 heterocycles. The molecule has 0 saturated heterocycles. The van der Waals surface area contributed by atoms with Gasteiger partial charge in [-0.2, -0.15) is 0 Å². The highest BCUT2D eigenvalue weighted by molar-refractivity contribution is 5.85. The molecular formula is C22H33Cl2N3O2. The number of carbonyl (C=O) groups excluding carboxylic acids is 1. The fourth-order valence-electron chi connectivity index (χ4n) is 2.83. The van der Waals surface area contributed by atoms with Crippen molar-refractivity contribution < 1.29 is 9.53 Å². The van der Waals surface area contributed by atoms with E-state index in [1.54, 1.807) is 0 Å². The summed E-state index contributed by atoms with van der Waals surface area (Å²) in [6.45, 7) is 10.2. The molecule has 5 nitrogen and oxygen atoms in total. The minimum atomic E-state index is -0.679. The van der Waals surface area contributed by atoms with Gasteiger partial charge < -0.3 is 20.7 Å². The molecule has 3 N–H and O–H groups in total. The molecule has 7 heteroatoms. The number of likely N-dealkylation sites (N-methyl/N-ethyl adjacent to an activating group) is 1. The van der Waals surface area contributed by atoms with Crippen molar-refractivity contribution in [3.05, 3.63) is 65.2 Å². The number of rotatable bonds is 10. The van der Waals surface area contributed by atoms with E-state index in [0.29, 0.717) is 13.2 Å². The maximum absolute atomic E-state index is 12.4. The molecule has 2 aromatic carbocycles. The van der Waals surface area contributed by atoms with E-state index in [2.05, 4.69) is 24.1 Å². The lowest BCUT2D eigenvalue weighted by Crippen LogP contribution is -2.33. The van der Waals surface area contributed by atoms with Crippen LogP contribution in [0.4, 0.5) is 0 Å². The van der Waals surface area contributed by atoms with Gasteiger partial charge >= 0.3 is 0 Å². The van der Waals surface area contributed by atoms with E-state index >= 15 is 0 Å². The summed E-state index contributed by atoms with van der Waals surface area (Å²) in [4.78, 5) is 14.7. The Hall–Kier alpha value is -1.79. The molecule has 1 atom stereocenters. The Labute approximate surface area is 186 Å². The first-order valence-corrected chi connectivity index (χ1v) is 9.58. The zero-order chi connectivity index (χ0) is 19.6. The van der Waals surface area contributed by atoms with E-state index in [1.807, 2.05) is 55.5 Å². The molecule has 0 radical (unpaired) electrons.